The maximum atomic E-state index is 15.0. The molecule has 0 bridgehead atoms. The molecule has 3 aliphatic heterocycles. The third-order valence-electron chi connectivity index (χ3n) is 12.2. The minimum atomic E-state index is -2.59. The highest BCUT2D eigenvalue weighted by Gasteiger charge is 2.65. The van der Waals surface area contributed by atoms with Gasteiger partial charge in [0.2, 0.25) is 5.78 Å². The van der Waals surface area contributed by atoms with Crippen molar-refractivity contribution in [2.24, 2.45) is 5.92 Å². The molecule has 5 aliphatic rings. The van der Waals surface area contributed by atoms with Gasteiger partial charge in [0, 0.05) is 38.4 Å². The summed E-state index contributed by atoms with van der Waals surface area (Å²) in [5.74, 6) is -6.85. The number of ketones is 3. The van der Waals surface area contributed by atoms with Gasteiger partial charge in [0.25, 0.3) is 0 Å². The second kappa shape index (κ2) is 15.3. The molecule has 2 aromatic carbocycles. The molecule has 318 valence electrons. The molecule has 58 heavy (non-hydrogen) atoms. The Bertz CT molecular complexity index is 2010. The fourth-order valence-electron chi connectivity index (χ4n) is 9.18. The molecule has 2 aliphatic carbocycles. The number of phenols is 3. The van der Waals surface area contributed by atoms with E-state index < -0.39 is 131 Å². The Hall–Kier alpha value is -3.79. The fraction of sp³-hybridized carbons (Fsp3) is 0.625. The van der Waals surface area contributed by atoms with Crippen molar-refractivity contribution in [1.29, 1.82) is 0 Å². The number of phenolic OH excluding ortho intramolecular Hbond substituents is 3. The first-order valence-electron chi connectivity index (χ1n) is 19.2. The molecule has 0 saturated carbocycles. The molecule has 2 aromatic rings. The van der Waals surface area contributed by atoms with Crippen LogP contribution in [0.2, 0.25) is 0 Å². The van der Waals surface area contributed by atoms with E-state index in [4.69, 9.17) is 33.2 Å². The SMILES string of the molecule is CO[C@@H]1C(=O)C(C(C)=O)=C(O)[C@@]2(O[C@H]3C[C@@H](O[C@H]4C[C@@H](O[C@H]5C[C@](C)(O)[C@H](O)[C@@H](C)O5)[C@@H](O)[C@@H](C)O4)[C@H](O)[C@@H](C)O3)C(=O)c3c(cc4cc(O)cc(O)c4c3O)C[C@@H]12. The van der Waals surface area contributed by atoms with Crippen LogP contribution in [0.1, 0.15) is 69.8 Å². The molecule has 0 unspecified atom stereocenters. The van der Waals surface area contributed by atoms with Gasteiger partial charge in [0.1, 0.15) is 53.0 Å². The lowest BCUT2D eigenvalue weighted by molar-refractivity contribution is -0.337. The average molecular weight is 819 g/mol. The number of carbonyl (C=O) groups excluding carboxylic acids is 3. The van der Waals surface area contributed by atoms with Gasteiger partial charge in [0.05, 0.1) is 47.1 Å². The standard InChI is InChI=1S/C40H50O18/c1-14(41)28-34(47)35(52-6)21-9-19-7-18-8-20(42)10-22(43)29(18)33(46)30(19)38(50)40(21,37(28)49)58-26-12-24(32(45)16(3)54-26)56-25-11-23(31(44)15(2)53-25)57-27-13-39(5,51)36(48)17(4)55-27/h7-8,10,15-17,21,23-27,31-32,35-36,42-46,48-49,51H,9,11-13H2,1-6H3/t15-,16-,17-,21+,23-,24-,25+,26+,27+,31+,32-,35+,36-,39+,40-/m1/s1. The number of fused-ring (bicyclic) bond motifs is 3. The largest absolute Gasteiger partial charge is 0.508 e. The zero-order valence-corrected chi connectivity index (χ0v) is 32.7. The number of benzene rings is 2. The van der Waals surface area contributed by atoms with E-state index in [1.807, 2.05) is 0 Å². The van der Waals surface area contributed by atoms with Gasteiger partial charge < -0.3 is 74.0 Å². The van der Waals surface area contributed by atoms with E-state index in [1.54, 1.807) is 13.8 Å². The van der Waals surface area contributed by atoms with Crippen LogP contribution in [0.25, 0.3) is 10.8 Å². The molecule has 3 saturated heterocycles. The van der Waals surface area contributed by atoms with Crippen LogP contribution in [-0.2, 0) is 49.2 Å². The number of hydrogen-bond donors (Lipinski definition) is 8. The van der Waals surface area contributed by atoms with Gasteiger partial charge in [-0.15, -0.1) is 0 Å². The number of rotatable bonds is 8. The van der Waals surface area contributed by atoms with E-state index >= 15 is 4.79 Å². The Morgan fingerprint density at radius 2 is 1.43 bits per heavy atom. The Morgan fingerprint density at radius 3 is 2.03 bits per heavy atom. The summed E-state index contributed by atoms with van der Waals surface area (Å²) < 4.78 is 42.1. The molecular formula is C40H50O18. The molecule has 3 fully saturated rings. The number of aromatic hydroxyl groups is 3. The van der Waals surface area contributed by atoms with Crippen LogP contribution in [0.4, 0.5) is 0 Å². The van der Waals surface area contributed by atoms with Crippen molar-refractivity contribution >= 4 is 28.1 Å². The minimum absolute atomic E-state index is 0.0727. The van der Waals surface area contributed by atoms with Crippen molar-refractivity contribution in [3.63, 3.8) is 0 Å². The summed E-state index contributed by atoms with van der Waals surface area (Å²) >= 11 is 0. The Balaban J connectivity index is 1.21. The van der Waals surface area contributed by atoms with Crippen molar-refractivity contribution in [1.82, 2.24) is 0 Å². The molecule has 0 spiro atoms. The highest BCUT2D eigenvalue weighted by atomic mass is 16.7. The summed E-state index contributed by atoms with van der Waals surface area (Å²) in [6, 6.07) is 3.67. The van der Waals surface area contributed by atoms with Crippen LogP contribution < -0.4 is 0 Å². The number of ether oxygens (including phenoxy) is 7. The van der Waals surface area contributed by atoms with Gasteiger partial charge in [0.15, 0.2) is 36.0 Å². The third kappa shape index (κ3) is 6.96. The van der Waals surface area contributed by atoms with Crippen LogP contribution >= 0.6 is 0 Å². The first-order chi connectivity index (χ1) is 27.2. The maximum Gasteiger partial charge on any atom is 0.207 e. The normalized spacial score (nSPS) is 40.7. The monoisotopic (exact) mass is 818 g/mol. The number of aliphatic hydroxyl groups is 5. The Morgan fingerprint density at radius 1 is 0.845 bits per heavy atom. The zero-order valence-electron chi connectivity index (χ0n) is 32.7. The number of methoxy groups -OCH3 is 1. The van der Waals surface area contributed by atoms with Gasteiger partial charge in [-0.3, -0.25) is 14.4 Å². The van der Waals surface area contributed by atoms with E-state index in [2.05, 4.69) is 0 Å². The van der Waals surface area contributed by atoms with Crippen LogP contribution in [0.5, 0.6) is 17.2 Å². The first kappa shape index (κ1) is 42.3. The molecule has 0 aromatic heterocycles. The van der Waals surface area contributed by atoms with Crippen LogP contribution in [0, 0.1) is 5.92 Å². The van der Waals surface area contributed by atoms with Gasteiger partial charge >= 0.3 is 0 Å². The molecule has 15 atom stereocenters. The second-order valence-corrected chi connectivity index (χ2v) is 16.2. The third-order valence-corrected chi connectivity index (χ3v) is 12.2. The van der Waals surface area contributed by atoms with Gasteiger partial charge in [-0.2, -0.15) is 0 Å². The highest BCUT2D eigenvalue weighted by molar-refractivity contribution is 6.25. The molecule has 3 heterocycles. The summed E-state index contributed by atoms with van der Waals surface area (Å²) in [4.78, 5) is 41.7. The van der Waals surface area contributed by atoms with E-state index in [1.165, 1.54) is 33.1 Å². The summed E-state index contributed by atoms with van der Waals surface area (Å²) in [5, 5.41) is 87.7. The van der Waals surface area contributed by atoms with Crippen LogP contribution in [0.3, 0.4) is 0 Å². The summed E-state index contributed by atoms with van der Waals surface area (Å²) in [5.41, 5.74) is -5.10. The van der Waals surface area contributed by atoms with Crippen molar-refractivity contribution in [3.8, 4) is 17.2 Å². The van der Waals surface area contributed by atoms with E-state index in [0.29, 0.717) is 0 Å². The Kier molecular flexibility index (Phi) is 11.2. The zero-order chi connectivity index (χ0) is 42.3. The topological polar surface area (TPSA) is 278 Å². The molecule has 0 radical (unpaired) electrons. The molecular weight excluding hydrogens is 768 g/mol. The van der Waals surface area contributed by atoms with Gasteiger partial charge in [-0.1, -0.05) is 0 Å². The molecule has 18 heteroatoms. The summed E-state index contributed by atoms with van der Waals surface area (Å²) in [7, 11) is 1.19. The predicted octanol–water partition coefficient (Wildman–Crippen LogP) is 1.07. The van der Waals surface area contributed by atoms with Crippen molar-refractivity contribution in [3.05, 3.63) is 40.7 Å². The van der Waals surface area contributed by atoms with Crippen molar-refractivity contribution in [2.75, 3.05) is 7.11 Å². The fourth-order valence-corrected chi connectivity index (χ4v) is 9.18. The van der Waals surface area contributed by atoms with E-state index in [0.717, 1.165) is 13.0 Å². The highest BCUT2D eigenvalue weighted by Crippen LogP contribution is 2.52. The van der Waals surface area contributed by atoms with Gasteiger partial charge in [-0.05, 0) is 64.1 Å². The first-order valence-corrected chi connectivity index (χ1v) is 19.2. The van der Waals surface area contributed by atoms with Crippen LogP contribution in [0.15, 0.2) is 29.5 Å². The second-order valence-electron chi connectivity index (χ2n) is 16.2. The molecule has 7 rings (SSSR count). The van der Waals surface area contributed by atoms with Gasteiger partial charge in [-0.25, -0.2) is 0 Å². The van der Waals surface area contributed by atoms with E-state index in [9.17, 15) is 50.4 Å². The Labute approximate surface area is 332 Å². The minimum Gasteiger partial charge on any atom is -0.508 e. The molecule has 18 nitrogen and oxygen atoms in total. The van der Waals surface area contributed by atoms with Crippen molar-refractivity contribution in [2.45, 2.75) is 145 Å². The molecule has 0 amide bonds. The van der Waals surface area contributed by atoms with Crippen molar-refractivity contribution < 1.29 is 88.4 Å². The number of carbonyl (C=O) groups is 3. The summed E-state index contributed by atoms with van der Waals surface area (Å²) in [6.07, 6.45) is -14.2. The quantitative estimate of drug-likeness (QED) is 0.173. The number of Topliss-reactive ketones (excluding diaryl/α,β-unsaturated/α-hetero) is 3. The lowest BCUT2D eigenvalue weighted by Crippen LogP contribution is -2.65. The lowest BCUT2D eigenvalue weighted by atomic mass is 9.62. The molecule has 8 N–H and O–H groups in total. The summed E-state index contributed by atoms with van der Waals surface area (Å²) in [6.45, 7) is 7.14. The number of aliphatic hydroxyl groups excluding tert-OH is 4. The van der Waals surface area contributed by atoms with Crippen LogP contribution in [-0.4, -0.2) is 150 Å². The average Bonchev–Trinajstić information content (AvgIpc) is 3.12. The smallest absolute Gasteiger partial charge is 0.207 e. The predicted molar refractivity (Wildman–Crippen MR) is 196 cm³/mol. The lowest BCUT2D eigenvalue weighted by Gasteiger charge is -2.50. The maximum absolute atomic E-state index is 15.0. The van der Waals surface area contributed by atoms with E-state index in [-0.39, 0.29) is 53.3 Å². The number of hydrogen-bond acceptors (Lipinski definition) is 18.